The van der Waals surface area contributed by atoms with Gasteiger partial charge in [-0.1, -0.05) is 6.07 Å². The molecule has 1 unspecified atom stereocenters. The van der Waals surface area contributed by atoms with Gasteiger partial charge in [0.15, 0.2) is 0 Å². The first-order chi connectivity index (χ1) is 7.66. The van der Waals surface area contributed by atoms with E-state index in [0.717, 1.165) is 17.2 Å². The summed E-state index contributed by atoms with van der Waals surface area (Å²) < 4.78 is 1.99. The van der Waals surface area contributed by atoms with Crippen molar-refractivity contribution >= 4 is 5.95 Å². The summed E-state index contributed by atoms with van der Waals surface area (Å²) in [5.41, 5.74) is 2.17. The van der Waals surface area contributed by atoms with E-state index in [0.29, 0.717) is 0 Å². The Balaban J connectivity index is 2.14. The van der Waals surface area contributed by atoms with Crippen LogP contribution in [0.1, 0.15) is 24.2 Å². The van der Waals surface area contributed by atoms with Crippen molar-refractivity contribution in [3.8, 4) is 0 Å². The first kappa shape index (κ1) is 10.7. The van der Waals surface area contributed by atoms with Gasteiger partial charge in [-0.3, -0.25) is 4.98 Å². The van der Waals surface area contributed by atoms with E-state index < -0.39 is 0 Å². The van der Waals surface area contributed by atoms with E-state index in [4.69, 9.17) is 0 Å². The van der Waals surface area contributed by atoms with Crippen molar-refractivity contribution in [3.63, 3.8) is 0 Å². The zero-order valence-corrected chi connectivity index (χ0v) is 9.81. The molecule has 84 valence electrons. The molecular weight excluding hydrogens is 200 g/mol. The normalized spacial score (nSPS) is 12.4. The van der Waals surface area contributed by atoms with E-state index in [1.807, 2.05) is 37.0 Å². The Bertz CT molecular complexity index is 461. The van der Waals surface area contributed by atoms with Crippen molar-refractivity contribution in [2.45, 2.75) is 19.9 Å². The highest BCUT2D eigenvalue weighted by atomic mass is 15.2. The third kappa shape index (κ3) is 2.21. The minimum absolute atomic E-state index is 0.203. The third-order valence-corrected chi connectivity index (χ3v) is 2.53. The highest BCUT2D eigenvalue weighted by molar-refractivity contribution is 5.32. The minimum atomic E-state index is 0.203. The molecule has 1 N–H and O–H groups in total. The van der Waals surface area contributed by atoms with Gasteiger partial charge >= 0.3 is 0 Å². The van der Waals surface area contributed by atoms with Crippen LogP contribution >= 0.6 is 0 Å². The second-order valence-electron chi connectivity index (χ2n) is 3.97. The van der Waals surface area contributed by atoms with Crippen LogP contribution in [0.2, 0.25) is 0 Å². The molecule has 2 heterocycles. The number of hydrogen-bond donors (Lipinski definition) is 1. The summed E-state index contributed by atoms with van der Waals surface area (Å²) in [6.07, 6.45) is 5.65. The fraction of sp³-hybridized carbons (Fsp3) is 0.333. The molecule has 0 saturated heterocycles. The highest BCUT2D eigenvalue weighted by Crippen LogP contribution is 2.17. The Morgan fingerprint density at radius 2 is 2.25 bits per heavy atom. The number of pyridine rings is 1. The minimum Gasteiger partial charge on any atom is -0.349 e. The van der Waals surface area contributed by atoms with Gasteiger partial charge in [0.2, 0.25) is 5.95 Å². The van der Waals surface area contributed by atoms with Crippen LogP contribution in [0.15, 0.2) is 30.7 Å². The molecule has 0 saturated carbocycles. The first-order valence-electron chi connectivity index (χ1n) is 5.33. The molecule has 4 nitrogen and oxygen atoms in total. The van der Waals surface area contributed by atoms with E-state index in [2.05, 4.69) is 28.3 Å². The smallest absolute Gasteiger partial charge is 0.203 e. The van der Waals surface area contributed by atoms with E-state index in [1.54, 1.807) is 6.20 Å². The van der Waals surface area contributed by atoms with Crippen molar-refractivity contribution in [3.05, 3.63) is 42.0 Å². The lowest BCUT2D eigenvalue weighted by molar-refractivity contribution is 0.818. The molecule has 2 aromatic rings. The average molecular weight is 216 g/mol. The number of imidazole rings is 1. The lowest BCUT2D eigenvalue weighted by atomic mass is 10.1. The number of aromatic nitrogens is 3. The Labute approximate surface area is 95.4 Å². The topological polar surface area (TPSA) is 42.7 Å². The zero-order chi connectivity index (χ0) is 11.5. The maximum absolute atomic E-state index is 4.41. The third-order valence-electron chi connectivity index (χ3n) is 2.53. The summed E-state index contributed by atoms with van der Waals surface area (Å²) in [5.74, 6) is 0.883. The number of aryl methyl sites for hydroxylation is 2. The van der Waals surface area contributed by atoms with Crippen LogP contribution in [0, 0.1) is 6.92 Å². The van der Waals surface area contributed by atoms with Crippen molar-refractivity contribution in [2.24, 2.45) is 7.05 Å². The Hall–Kier alpha value is -1.84. The molecule has 0 amide bonds. The fourth-order valence-electron chi connectivity index (χ4n) is 1.66. The van der Waals surface area contributed by atoms with Gasteiger partial charge in [0, 0.05) is 25.6 Å². The van der Waals surface area contributed by atoms with Crippen LogP contribution in [0.3, 0.4) is 0 Å². The second kappa shape index (κ2) is 4.35. The number of anilines is 1. The summed E-state index contributed by atoms with van der Waals surface area (Å²) in [4.78, 5) is 8.51. The number of rotatable bonds is 3. The van der Waals surface area contributed by atoms with Crippen LogP contribution in [0.5, 0.6) is 0 Å². The van der Waals surface area contributed by atoms with Crippen molar-refractivity contribution < 1.29 is 0 Å². The lowest BCUT2D eigenvalue weighted by Crippen LogP contribution is -2.10. The Kier molecular flexibility index (Phi) is 2.90. The average Bonchev–Trinajstić information content (AvgIpc) is 2.59. The maximum atomic E-state index is 4.41. The summed E-state index contributed by atoms with van der Waals surface area (Å²) >= 11 is 0. The van der Waals surface area contributed by atoms with Crippen molar-refractivity contribution in [1.82, 2.24) is 14.5 Å². The van der Waals surface area contributed by atoms with Crippen LogP contribution in [0.25, 0.3) is 0 Å². The van der Waals surface area contributed by atoms with Crippen molar-refractivity contribution in [2.75, 3.05) is 5.32 Å². The van der Waals surface area contributed by atoms with Gasteiger partial charge < -0.3 is 9.88 Å². The summed E-state index contributed by atoms with van der Waals surface area (Å²) in [6, 6.07) is 4.20. The highest BCUT2D eigenvalue weighted by Gasteiger charge is 2.08. The number of nitrogens with one attached hydrogen (secondary N) is 1. The van der Waals surface area contributed by atoms with Gasteiger partial charge in [-0.05, 0) is 25.5 Å². The molecular formula is C12H16N4. The second-order valence-corrected chi connectivity index (χ2v) is 3.97. The SMILES string of the molecule is Cc1cn(C)c(NC(C)c2cccnc2)n1. The number of nitrogens with zero attached hydrogens (tertiary/aromatic N) is 3. The van der Waals surface area contributed by atoms with Gasteiger partial charge in [-0.15, -0.1) is 0 Å². The van der Waals surface area contributed by atoms with E-state index >= 15 is 0 Å². The van der Waals surface area contributed by atoms with Crippen LogP contribution < -0.4 is 5.32 Å². The molecule has 0 aliphatic heterocycles. The Morgan fingerprint density at radius 3 is 2.81 bits per heavy atom. The monoisotopic (exact) mass is 216 g/mol. The summed E-state index contributed by atoms with van der Waals surface area (Å²) in [7, 11) is 1.98. The molecule has 2 rings (SSSR count). The molecule has 1 atom stereocenters. The first-order valence-corrected chi connectivity index (χ1v) is 5.33. The van der Waals surface area contributed by atoms with Crippen LogP contribution in [-0.4, -0.2) is 14.5 Å². The lowest BCUT2D eigenvalue weighted by Gasteiger charge is -2.14. The molecule has 2 aromatic heterocycles. The zero-order valence-electron chi connectivity index (χ0n) is 9.81. The van der Waals surface area contributed by atoms with E-state index in [-0.39, 0.29) is 6.04 Å². The van der Waals surface area contributed by atoms with Gasteiger partial charge in [0.25, 0.3) is 0 Å². The number of hydrogen-bond acceptors (Lipinski definition) is 3. The van der Waals surface area contributed by atoms with Gasteiger partial charge in [0.05, 0.1) is 11.7 Å². The standard InChI is InChI=1S/C12H16N4/c1-9-8-16(3)12(14-9)15-10(2)11-5-4-6-13-7-11/h4-8,10H,1-3H3,(H,14,15). The summed E-state index contributed by atoms with van der Waals surface area (Å²) in [5, 5.41) is 3.36. The molecule has 0 bridgehead atoms. The molecule has 0 radical (unpaired) electrons. The molecule has 0 aliphatic rings. The fourth-order valence-corrected chi connectivity index (χ4v) is 1.66. The molecule has 16 heavy (non-hydrogen) atoms. The molecule has 0 fully saturated rings. The van der Waals surface area contributed by atoms with Gasteiger partial charge in [0.1, 0.15) is 0 Å². The van der Waals surface area contributed by atoms with E-state index in [9.17, 15) is 0 Å². The molecule has 4 heteroatoms. The Morgan fingerprint density at radius 1 is 1.44 bits per heavy atom. The van der Waals surface area contributed by atoms with Gasteiger partial charge in [-0.2, -0.15) is 0 Å². The maximum Gasteiger partial charge on any atom is 0.203 e. The van der Waals surface area contributed by atoms with Crippen molar-refractivity contribution in [1.29, 1.82) is 0 Å². The van der Waals surface area contributed by atoms with Crippen LogP contribution in [0.4, 0.5) is 5.95 Å². The predicted octanol–water partition coefficient (Wildman–Crippen LogP) is 2.30. The molecule has 0 aromatic carbocycles. The molecule has 0 spiro atoms. The van der Waals surface area contributed by atoms with Crippen LogP contribution in [-0.2, 0) is 7.05 Å². The quantitative estimate of drug-likeness (QED) is 0.856. The largest absolute Gasteiger partial charge is 0.349 e. The van der Waals surface area contributed by atoms with E-state index in [1.165, 1.54) is 0 Å². The predicted molar refractivity (Wildman–Crippen MR) is 64.2 cm³/mol. The molecule has 0 aliphatic carbocycles. The summed E-state index contributed by atoms with van der Waals surface area (Å²) in [6.45, 7) is 4.08. The van der Waals surface area contributed by atoms with Gasteiger partial charge in [-0.25, -0.2) is 4.98 Å².